The fourth-order valence-corrected chi connectivity index (χ4v) is 6.30. The number of nitrogens with one attached hydrogen (secondary N) is 1. The number of esters is 1. The summed E-state index contributed by atoms with van der Waals surface area (Å²) in [6, 6.07) is 14.6. The molecule has 36 heavy (non-hydrogen) atoms. The predicted molar refractivity (Wildman–Crippen MR) is 147 cm³/mol. The van der Waals surface area contributed by atoms with Crippen molar-refractivity contribution in [3.63, 3.8) is 0 Å². The van der Waals surface area contributed by atoms with Gasteiger partial charge >= 0.3 is 5.97 Å². The maximum absolute atomic E-state index is 13.7. The van der Waals surface area contributed by atoms with Crippen molar-refractivity contribution in [2.24, 2.45) is 0 Å². The van der Waals surface area contributed by atoms with Crippen molar-refractivity contribution >= 4 is 39.1 Å². The fraction of sp³-hybridized carbons (Fsp3) is 0.333. The number of ether oxygens (including phenoxy) is 1. The van der Waals surface area contributed by atoms with E-state index in [0.29, 0.717) is 16.3 Å². The summed E-state index contributed by atoms with van der Waals surface area (Å²) in [6.07, 6.45) is 6.60. The summed E-state index contributed by atoms with van der Waals surface area (Å²) in [4.78, 5) is 26.7. The van der Waals surface area contributed by atoms with Crippen LogP contribution < -0.4 is 5.32 Å². The second-order valence-corrected chi connectivity index (χ2v) is 10.4. The lowest BCUT2D eigenvalue weighted by Crippen LogP contribution is -2.19. The molecular formula is C30H32N2O3S. The molecule has 5 rings (SSSR count). The average molecular weight is 501 g/mol. The highest BCUT2D eigenvalue weighted by atomic mass is 32.1. The van der Waals surface area contributed by atoms with Gasteiger partial charge in [0.15, 0.2) is 0 Å². The lowest BCUT2D eigenvalue weighted by Gasteiger charge is -2.17. The van der Waals surface area contributed by atoms with Crippen molar-refractivity contribution < 1.29 is 14.3 Å². The minimum atomic E-state index is -0.442. The Morgan fingerprint density at radius 1 is 1.08 bits per heavy atom. The summed E-state index contributed by atoms with van der Waals surface area (Å²) in [5.74, 6) is -0.647. The molecule has 5 nitrogen and oxygen atoms in total. The van der Waals surface area contributed by atoms with Gasteiger partial charge in [-0.05, 0) is 67.3 Å². The summed E-state index contributed by atoms with van der Waals surface area (Å²) in [7, 11) is 1.38. The largest absolute Gasteiger partial charge is 0.465 e. The molecule has 0 radical (unpaired) electrons. The number of rotatable bonds is 7. The number of carbonyl (C=O) groups excluding carboxylic acids is 2. The molecule has 2 aromatic heterocycles. The molecule has 1 N–H and O–H groups in total. The van der Waals surface area contributed by atoms with E-state index in [2.05, 4.69) is 47.1 Å². The number of aryl methyl sites for hydroxylation is 4. The molecule has 2 aromatic carbocycles. The molecule has 2 heterocycles. The fourth-order valence-electron chi connectivity index (χ4n) is 5.35. The Bertz CT molecular complexity index is 1450. The Balaban J connectivity index is 1.54. The first-order chi connectivity index (χ1) is 17.5. The number of carbonyl (C=O) groups is 2. The van der Waals surface area contributed by atoms with Crippen LogP contribution in [0.1, 0.15) is 70.1 Å². The minimum absolute atomic E-state index is 0.205. The first-order valence-electron chi connectivity index (χ1n) is 12.7. The van der Waals surface area contributed by atoms with Gasteiger partial charge in [0.2, 0.25) is 0 Å². The average Bonchev–Trinajstić information content (AvgIpc) is 3.45. The van der Waals surface area contributed by atoms with Gasteiger partial charge in [0.05, 0.1) is 7.11 Å². The number of methoxy groups -OCH3 is 1. The van der Waals surface area contributed by atoms with E-state index in [9.17, 15) is 9.59 Å². The van der Waals surface area contributed by atoms with E-state index in [-0.39, 0.29) is 5.91 Å². The van der Waals surface area contributed by atoms with E-state index in [1.54, 1.807) is 0 Å². The van der Waals surface area contributed by atoms with Gasteiger partial charge in [0.1, 0.15) is 16.3 Å². The summed E-state index contributed by atoms with van der Waals surface area (Å²) in [5, 5.41) is 6.62. The van der Waals surface area contributed by atoms with Gasteiger partial charge in [-0.3, -0.25) is 4.79 Å². The number of aromatic nitrogens is 1. The highest BCUT2D eigenvalue weighted by molar-refractivity contribution is 7.15. The Hall–Kier alpha value is -3.38. The van der Waals surface area contributed by atoms with Gasteiger partial charge in [-0.15, -0.1) is 11.3 Å². The lowest BCUT2D eigenvalue weighted by atomic mass is 9.89. The standard InChI is InChI=1S/C30H32N2O3S/c1-4-5-16-32-25-13-9-8-12-23(25)19(2)27(32)28(33)31-29-26(30(34)35-3)24(18-36-29)22-15-14-20-10-6-7-11-21(20)17-22/h8-9,12-15,17-18H,4-7,10-11,16H2,1-3H3,(H,31,33). The molecule has 186 valence electrons. The van der Waals surface area contributed by atoms with E-state index in [4.69, 9.17) is 4.74 Å². The van der Waals surface area contributed by atoms with Crippen LogP contribution in [0.15, 0.2) is 47.8 Å². The second-order valence-electron chi connectivity index (χ2n) is 9.49. The summed E-state index contributed by atoms with van der Waals surface area (Å²) in [5.41, 5.74) is 7.60. The molecule has 0 spiro atoms. The number of anilines is 1. The summed E-state index contributed by atoms with van der Waals surface area (Å²) in [6.45, 7) is 4.91. The predicted octanol–water partition coefficient (Wildman–Crippen LogP) is 7.40. The zero-order valence-electron chi connectivity index (χ0n) is 21.1. The van der Waals surface area contributed by atoms with Gasteiger partial charge in [0, 0.05) is 28.4 Å². The third kappa shape index (κ3) is 4.35. The van der Waals surface area contributed by atoms with Crippen molar-refractivity contribution in [1.29, 1.82) is 0 Å². The van der Waals surface area contributed by atoms with E-state index in [1.165, 1.54) is 42.4 Å². The molecule has 4 aromatic rings. The van der Waals surface area contributed by atoms with Crippen LogP contribution >= 0.6 is 11.3 Å². The van der Waals surface area contributed by atoms with Crippen LogP contribution in [0.4, 0.5) is 5.00 Å². The molecule has 0 atom stereocenters. The van der Waals surface area contributed by atoms with Gasteiger partial charge in [0.25, 0.3) is 5.91 Å². The zero-order chi connectivity index (χ0) is 25.2. The van der Waals surface area contributed by atoms with E-state index in [0.717, 1.165) is 59.8 Å². The molecule has 0 aliphatic heterocycles. The van der Waals surface area contributed by atoms with Crippen LogP contribution in [0.25, 0.3) is 22.0 Å². The highest BCUT2D eigenvalue weighted by Crippen LogP contribution is 2.38. The molecule has 0 saturated carbocycles. The number of para-hydroxylation sites is 1. The third-order valence-electron chi connectivity index (χ3n) is 7.24. The smallest absolute Gasteiger partial charge is 0.341 e. The van der Waals surface area contributed by atoms with Crippen LogP contribution in [0.3, 0.4) is 0 Å². The quantitative estimate of drug-likeness (QED) is 0.269. The van der Waals surface area contributed by atoms with Crippen LogP contribution in [0.2, 0.25) is 0 Å². The van der Waals surface area contributed by atoms with Crippen LogP contribution in [-0.4, -0.2) is 23.6 Å². The minimum Gasteiger partial charge on any atom is -0.465 e. The SMILES string of the molecule is CCCCn1c(C(=O)Nc2scc(-c3ccc4c(c3)CCCC4)c2C(=O)OC)c(C)c2ccccc21. The van der Waals surface area contributed by atoms with Crippen LogP contribution in [0, 0.1) is 6.92 Å². The maximum atomic E-state index is 13.7. The molecule has 0 fully saturated rings. The van der Waals surface area contributed by atoms with Crippen LogP contribution in [0.5, 0.6) is 0 Å². The molecular weight excluding hydrogens is 468 g/mol. The van der Waals surface area contributed by atoms with Crippen molar-refractivity contribution in [3.05, 3.63) is 75.8 Å². The highest BCUT2D eigenvalue weighted by Gasteiger charge is 2.26. The number of unbranched alkanes of at least 4 members (excludes halogenated alkanes) is 1. The normalized spacial score (nSPS) is 13.0. The lowest BCUT2D eigenvalue weighted by molar-refractivity contribution is 0.0603. The number of fused-ring (bicyclic) bond motifs is 2. The molecule has 6 heteroatoms. The molecule has 1 aliphatic rings. The third-order valence-corrected chi connectivity index (χ3v) is 8.14. The van der Waals surface area contributed by atoms with Gasteiger partial charge in [-0.25, -0.2) is 4.79 Å². The molecule has 0 saturated heterocycles. The number of benzene rings is 2. The second kappa shape index (κ2) is 10.3. The summed E-state index contributed by atoms with van der Waals surface area (Å²) >= 11 is 1.37. The maximum Gasteiger partial charge on any atom is 0.341 e. The first kappa shape index (κ1) is 24.3. The Kier molecular flexibility index (Phi) is 6.97. The van der Waals surface area contributed by atoms with Crippen LogP contribution in [-0.2, 0) is 24.1 Å². The molecule has 1 amide bonds. The van der Waals surface area contributed by atoms with Gasteiger partial charge in [-0.1, -0.05) is 49.7 Å². The van der Waals surface area contributed by atoms with E-state index >= 15 is 0 Å². The number of amides is 1. The number of hydrogen-bond donors (Lipinski definition) is 1. The number of thiophene rings is 1. The van der Waals surface area contributed by atoms with E-state index < -0.39 is 5.97 Å². The topological polar surface area (TPSA) is 60.3 Å². The van der Waals surface area contributed by atoms with Gasteiger partial charge < -0.3 is 14.6 Å². The Morgan fingerprint density at radius 3 is 2.64 bits per heavy atom. The number of hydrogen-bond acceptors (Lipinski definition) is 4. The Labute approximate surface area is 216 Å². The number of nitrogens with zero attached hydrogens (tertiary/aromatic N) is 1. The molecule has 0 unspecified atom stereocenters. The monoisotopic (exact) mass is 500 g/mol. The first-order valence-corrected chi connectivity index (χ1v) is 13.6. The Morgan fingerprint density at radius 2 is 1.86 bits per heavy atom. The zero-order valence-corrected chi connectivity index (χ0v) is 22.0. The summed E-state index contributed by atoms with van der Waals surface area (Å²) < 4.78 is 7.27. The van der Waals surface area contributed by atoms with E-state index in [1.807, 2.05) is 24.4 Å². The molecule has 1 aliphatic carbocycles. The van der Waals surface area contributed by atoms with Crippen molar-refractivity contribution in [1.82, 2.24) is 4.57 Å². The van der Waals surface area contributed by atoms with Crippen molar-refractivity contribution in [2.75, 3.05) is 12.4 Å². The molecule has 0 bridgehead atoms. The van der Waals surface area contributed by atoms with Gasteiger partial charge in [-0.2, -0.15) is 0 Å². The van der Waals surface area contributed by atoms with Crippen molar-refractivity contribution in [3.8, 4) is 11.1 Å². The van der Waals surface area contributed by atoms with Crippen molar-refractivity contribution in [2.45, 2.75) is 58.9 Å².